The van der Waals surface area contributed by atoms with Gasteiger partial charge in [0, 0.05) is 32.3 Å². The molecule has 0 radical (unpaired) electrons. The maximum absolute atomic E-state index is 12.2. The van der Waals surface area contributed by atoms with Gasteiger partial charge in [-0.2, -0.15) is 0 Å². The molecule has 0 aliphatic carbocycles. The van der Waals surface area contributed by atoms with E-state index >= 15 is 0 Å². The highest BCUT2D eigenvalue weighted by atomic mass is 16.3. The molecule has 5 nitrogen and oxygen atoms in total. The zero-order valence-corrected chi connectivity index (χ0v) is 13.1. The number of nitrogens with zero attached hydrogens (tertiary/aromatic N) is 2. The molecule has 114 valence electrons. The topological polar surface area (TPSA) is 60.9 Å². The highest BCUT2D eigenvalue weighted by Gasteiger charge is 2.25. The molecule has 1 unspecified atom stereocenters. The Balaban J connectivity index is 2.58. The van der Waals surface area contributed by atoms with Crippen molar-refractivity contribution in [2.75, 3.05) is 26.2 Å². The number of carbonyl (C=O) groups is 2. The number of amides is 2. The Hall–Kier alpha value is -1.36. The monoisotopic (exact) mass is 282 g/mol. The van der Waals surface area contributed by atoms with Crippen LogP contribution in [0.2, 0.25) is 0 Å². The summed E-state index contributed by atoms with van der Waals surface area (Å²) in [5.41, 5.74) is 1.03. The minimum atomic E-state index is -0.972. The molecule has 0 spiro atoms. The van der Waals surface area contributed by atoms with Crippen LogP contribution in [0.4, 0.5) is 0 Å². The summed E-state index contributed by atoms with van der Waals surface area (Å²) in [4.78, 5) is 27.2. The van der Waals surface area contributed by atoms with Gasteiger partial charge in [0.05, 0.1) is 0 Å². The summed E-state index contributed by atoms with van der Waals surface area (Å²) in [5, 5.41) is 9.28. The van der Waals surface area contributed by atoms with Gasteiger partial charge in [0.25, 0.3) is 5.91 Å². The molecule has 2 amide bonds. The Morgan fingerprint density at radius 3 is 1.95 bits per heavy atom. The molecule has 1 fully saturated rings. The van der Waals surface area contributed by atoms with Crippen LogP contribution in [-0.2, 0) is 9.59 Å². The average molecular weight is 282 g/mol. The van der Waals surface area contributed by atoms with Crippen molar-refractivity contribution in [1.82, 2.24) is 9.80 Å². The molecular weight excluding hydrogens is 256 g/mol. The predicted molar refractivity (Wildman–Crippen MR) is 78.1 cm³/mol. The van der Waals surface area contributed by atoms with E-state index in [-0.39, 0.29) is 17.2 Å². The van der Waals surface area contributed by atoms with Gasteiger partial charge < -0.3 is 14.9 Å². The van der Waals surface area contributed by atoms with E-state index < -0.39 is 6.10 Å². The lowest BCUT2D eigenvalue weighted by atomic mass is 9.87. The number of aliphatic hydroxyl groups excluding tert-OH is 1. The largest absolute Gasteiger partial charge is 0.384 e. The summed E-state index contributed by atoms with van der Waals surface area (Å²) in [6.45, 7) is 11.7. The number of piperazine rings is 1. The second kappa shape index (κ2) is 6.39. The van der Waals surface area contributed by atoms with Gasteiger partial charge in [0.15, 0.2) is 0 Å². The van der Waals surface area contributed by atoms with Crippen molar-refractivity contribution in [3.05, 3.63) is 11.6 Å². The van der Waals surface area contributed by atoms with E-state index in [2.05, 4.69) is 20.8 Å². The zero-order valence-electron chi connectivity index (χ0n) is 13.1. The van der Waals surface area contributed by atoms with Crippen LogP contribution in [0, 0.1) is 5.41 Å². The molecule has 1 N–H and O–H groups in total. The van der Waals surface area contributed by atoms with E-state index in [0.717, 1.165) is 5.57 Å². The summed E-state index contributed by atoms with van der Waals surface area (Å²) in [6.07, 6.45) is 0.715. The summed E-state index contributed by atoms with van der Waals surface area (Å²) in [7, 11) is 0. The highest BCUT2D eigenvalue weighted by Crippen LogP contribution is 2.24. The second-order valence-electron chi connectivity index (χ2n) is 6.40. The number of hydrogen-bond donors (Lipinski definition) is 1. The first-order chi connectivity index (χ1) is 9.12. The number of hydrogen-bond acceptors (Lipinski definition) is 3. The molecule has 1 saturated heterocycles. The Labute approximate surface area is 121 Å². The van der Waals surface area contributed by atoms with Gasteiger partial charge in [0.1, 0.15) is 6.10 Å². The second-order valence-corrected chi connectivity index (χ2v) is 6.40. The Kier molecular flexibility index (Phi) is 5.34. The third-order valence-corrected chi connectivity index (χ3v) is 3.78. The fourth-order valence-corrected chi connectivity index (χ4v) is 1.90. The normalized spacial score (nSPS) is 19.0. The lowest BCUT2D eigenvalue weighted by molar-refractivity contribution is -0.143. The Morgan fingerprint density at radius 1 is 1.10 bits per heavy atom. The lowest BCUT2D eigenvalue weighted by Gasteiger charge is -2.35. The quantitative estimate of drug-likeness (QED) is 0.770. The SMILES string of the molecule is C/C(=C/C(=O)N1CCN(C(=O)C(C)O)CC1)C(C)(C)C. The third kappa shape index (κ3) is 4.34. The molecule has 1 atom stereocenters. The summed E-state index contributed by atoms with van der Waals surface area (Å²) in [5.74, 6) is -0.264. The molecule has 1 rings (SSSR count). The molecule has 0 aromatic rings. The maximum atomic E-state index is 12.2. The van der Waals surface area contributed by atoms with Crippen LogP contribution in [0.1, 0.15) is 34.6 Å². The van der Waals surface area contributed by atoms with E-state index in [1.165, 1.54) is 6.92 Å². The van der Waals surface area contributed by atoms with Crippen molar-refractivity contribution in [2.45, 2.75) is 40.7 Å². The van der Waals surface area contributed by atoms with Gasteiger partial charge in [-0.05, 0) is 19.3 Å². The summed E-state index contributed by atoms with van der Waals surface area (Å²) >= 11 is 0. The molecule has 0 aromatic carbocycles. The molecule has 1 aliphatic heterocycles. The van der Waals surface area contributed by atoms with E-state index in [9.17, 15) is 14.7 Å². The molecule has 20 heavy (non-hydrogen) atoms. The fraction of sp³-hybridized carbons (Fsp3) is 0.733. The molecular formula is C15H26N2O3. The lowest BCUT2D eigenvalue weighted by Crippen LogP contribution is -2.52. The van der Waals surface area contributed by atoms with Crippen molar-refractivity contribution in [3.63, 3.8) is 0 Å². The van der Waals surface area contributed by atoms with Crippen LogP contribution in [0.25, 0.3) is 0 Å². The van der Waals surface area contributed by atoms with Crippen molar-refractivity contribution < 1.29 is 14.7 Å². The number of carbonyl (C=O) groups excluding carboxylic acids is 2. The van der Waals surface area contributed by atoms with Crippen LogP contribution in [0.5, 0.6) is 0 Å². The Bertz CT molecular complexity index is 400. The van der Waals surface area contributed by atoms with Crippen molar-refractivity contribution in [1.29, 1.82) is 0 Å². The minimum Gasteiger partial charge on any atom is -0.384 e. The first kappa shape index (κ1) is 16.7. The molecule has 0 saturated carbocycles. The van der Waals surface area contributed by atoms with Crippen molar-refractivity contribution in [3.8, 4) is 0 Å². The van der Waals surface area contributed by atoms with E-state index in [1.54, 1.807) is 15.9 Å². The van der Waals surface area contributed by atoms with Crippen LogP contribution in [0.3, 0.4) is 0 Å². The number of allylic oxidation sites excluding steroid dienone is 1. The smallest absolute Gasteiger partial charge is 0.251 e. The van der Waals surface area contributed by atoms with E-state index in [1.807, 2.05) is 6.92 Å². The Morgan fingerprint density at radius 2 is 1.55 bits per heavy atom. The molecule has 0 bridgehead atoms. The van der Waals surface area contributed by atoms with E-state index in [0.29, 0.717) is 26.2 Å². The van der Waals surface area contributed by atoms with Gasteiger partial charge in [-0.1, -0.05) is 26.3 Å². The van der Waals surface area contributed by atoms with Gasteiger partial charge in [-0.15, -0.1) is 0 Å². The number of aliphatic hydroxyl groups is 1. The standard InChI is InChI=1S/C15H26N2O3/c1-11(15(3,4)5)10-13(19)16-6-8-17(9-7-16)14(20)12(2)18/h10,12,18H,6-9H2,1-5H3/b11-10-. The number of rotatable bonds is 2. The first-order valence-corrected chi connectivity index (χ1v) is 7.07. The van der Waals surface area contributed by atoms with E-state index in [4.69, 9.17) is 0 Å². The third-order valence-electron chi connectivity index (χ3n) is 3.78. The van der Waals surface area contributed by atoms with Crippen molar-refractivity contribution >= 4 is 11.8 Å². The molecule has 1 heterocycles. The van der Waals surface area contributed by atoms with Gasteiger partial charge in [-0.25, -0.2) is 0 Å². The minimum absolute atomic E-state index is 0.00145. The van der Waals surface area contributed by atoms with Crippen LogP contribution >= 0.6 is 0 Å². The fourth-order valence-electron chi connectivity index (χ4n) is 1.90. The molecule has 5 heteroatoms. The van der Waals surface area contributed by atoms with Crippen LogP contribution < -0.4 is 0 Å². The van der Waals surface area contributed by atoms with Gasteiger partial charge >= 0.3 is 0 Å². The van der Waals surface area contributed by atoms with Crippen LogP contribution in [-0.4, -0.2) is 59.0 Å². The maximum Gasteiger partial charge on any atom is 0.251 e. The average Bonchev–Trinajstić information content (AvgIpc) is 2.36. The van der Waals surface area contributed by atoms with Gasteiger partial charge in [0.2, 0.25) is 5.91 Å². The van der Waals surface area contributed by atoms with Crippen molar-refractivity contribution in [2.24, 2.45) is 5.41 Å². The molecule has 0 aromatic heterocycles. The zero-order chi connectivity index (χ0) is 15.5. The first-order valence-electron chi connectivity index (χ1n) is 7.07. The molecule has 1 aliphatic rings. The van der Waals surface area contributed by atoms with Gasteiger partial charge in [-0.3, -0.25) is 9.59 Å². The highest BCUT2D eigenvalue weighted by molar-refractivity contribution is 5.88. The summed E-state index contributed by atoms with van der Waals surface area (Å²) in [6, 6.07) is 0. The predicted octanol–water partition coefficient (Wildman–Crippen LogP) is 1.03. The summed E-state index contributed by atoms with van der Waals surface area (Å²) < 4.78 is 0. The van der Waals surface area contributed by atoms with Crippen LogP contribution in [0.15, 0.2) is 11.6 Å².